The van der Waals surface area contributed by atoms with Gasteiger partial charge in [-0.2, -0.15) is 0 Å². The maximum absolute atomic E-state index is 12.9. The quantitative estimate of drug-likeness (QED) is 0.651. The maximum atomic E-state index is 12.9. The highest BCUT2D eigenvalue weighted by Crippen LogP contribution is 2.55. The van der Waals surface area contributed by atoms with Crippen LogP contribution in [0.2, 0.25) is 0 Å². The third kappa shape index (κ3) is 4.64. The second-order valence-corrected chi connectivity index (χ2v) is 10.5. The van der Waals surface area contributed by atoms with Crippen LogP contribution in [0.25, 0.3) is 0 Å². The van der Waals surface area contributed by atoms with Gasteiger partial charge in [0, 0.05) is 24.1 Å². The first-order valence-corrected chi connectivity index (χ1v) is 12.0. The largest absolute Gasteiger partial charge is 0.392 e. The SMILES string of the molecule is C[C@H]1[C@@H]2[C@@H](O)[C@H]([C@H](C)C(=O)NCc3ccccn3)CC[C@@]2(C)CC[C@@H]1NC(=O)C1CC1. The predicted octanol–water partition coefficient (Wildman–Crippen LogP) is 3.05. The molecule has 3 aliphatic carbocycles. The van der Waals surface area contributed by atoms with Gasteiger partial charge in [-0.25, -0.2) is 0 Å². The third-order valence-electron chi connectivity index (χ3n) is 8.39. The molecule has 7 atom stereocenters. The molecule has 3 aliphatic rings. The van der Waals surface area contributed by atoms with Gasteiger partial charge in [-0.3, -0.25) is 14.6 Å². The molecule has 6 nitrogen and oxygen atoms in total. The molecule has 3 saturated carbocycles. The van der Waals surface area contributed by atoms with Crippen LogP contribution in [-0.4, -0.2) is 34.1 Å². The Morgan fingerprint density at radius 3 is 2.65 bits per heavy atom. The number of carbonyl (C=O) groups excluding carboxylic acids is 2. The number of amides is 2. The van der Waals surface area contributed by atoms with Crippen molar-refractivity contribution in [1.29, 1.82) is 0 Å². The minimum absolute atomic E-state index is 0.0274. The highest BCUT2D eigenvalue weighted by atomic mass is 16.3. The Kier molecular flexibility index (Phi) is 6.38. The topological polar surface area (TPSA) is 91.3 Å². The lowest BCUT2D eigenvalue weighted by Crippen LogP contribution is -2.58. The minimum atomic E-state index is -0.537. The van der Waals surface area contributed by atoms with Crippen molar-refractivity contribution in [3.8, 4) is 0 Å². The first kappa shape index (κ1) is 22.3. The zero-order valence-electron chi connectivity index (χ0n) is 19.0. The van der Waals surface area contributed by atoms with Gasteiger partial charge in [0.15, 0.2) is 0 Å². The van der Waals surface area contributed by atoms with Crippen LogP contribution < -0.4 is 10.6 Å². The molecule has 1 aromatic rings. The van der Waals surface area contributed by atoms with Crippen LogP contribution in [0.3, 0.4) is 0 Å². The summed E-state index contributed by atoms with van der Waals surface area (Å²) in [6, 6.07) is 5.78. The van der Waals surface area contributed by atoms with E-state index in [9.17, 15) is 14.7 Å². The second kappa shape index (κ2) is 8.89. The molecule has 0 radical (unpaired) electrons. The molecule has 3 fully saturated rings. The number of nitrogens with one attached hydrogen (secondary N) is 2. The molecule has 0 bridgehead atoms. The first-order valence-electron chi connectivity index (χ1n) is 12.0. The maximum Gasteiger partial charge on any atom is 0.223 e. The van der Waals surface area contributed by atoms with Crippen LogP contribution in [0.4, 0.5) is 0 Å². The molecular weight excluding hydrogens is 390 g/mol. The van der Waals surface area contributed by atoms with Gasteiger partial charge in [0.2, 0.25) is 11.8 Å². The van der Waals surface area contributed by atoms with E-state index in [-0.39, 0.29) is 52.9 Å². The van der Waals surface area contributed by atoms with Crippen LogP contribution in [0, 0.1) is 35.0 Å². The summed E-state index contributed by atoms with van der Waals surface area (Å²) in [5.41, 5.74) is 0.898. The van der Waals surface area contributed by atoms with Gasteiger partial charge in [-0.05, 0) is 73.8 Å². The smallest absolute Gasteiger partial charge is 0.223 e. The van der Waals surface area contributed by atoms with Crippen molar-refractivity contribution in [1.82, 2.24) is 15.6 Å². The number of carbonyl (C=O) groups is 2. The summed E-state index contributed by atoms with van der Waals surface area (Å²) in [6.07, 6.45) is 7.06. The zero-order chi connectivity index (χ0) is 22.2. The van der Waals surface area contributed by atoms with Crippen LogP contribution in [0.1, 0.15) is 65.0 Å². The van der Waals surface area contributed by atoms with Crippen molar-refractivity contribution < 1.29 is 14.7 Å². The molecule has 0 unspecified atom stereocenters. The van der Waals surface area contributed by atoms with Crippen molar-refractivity contribution in [3.05, 3.63) is 30.1 Å². The number of hydrogen-bond donors (Lipinski definition) is 3. The van der Waals surface area contributed by atoms with Crippen molar-refractivity contribution in [2.75, 3.05) is 0 Å². The van der Waals surface area contributed by atoms with Gasteiger partial charge < -0.3 is 15.7 Å². The summed E-state index contributed by atoms with van der Waals surface area (Å²) in [7, 11) is 0. The van der Waals surface area contributed by atoms with E-state index in [0.29, 0.717) is 6.54 Å². The molecule has 0 spiro atoms. The summed E-state index contributed by atoms with van der Waals surface area (Å²) in [5, 5.41) is 17.7. The van der Waals surface area contributed by atoms with Gasteiger partial charge >= 0.3 is 0 Å². The molecule has 31 heavy (non-hydrogen) atoms. The molecule has 1 aromatic heterocycles. The number of aliphatic hydroxyl groups is 1. The average molecular weight is 428 g/mol. The Morgan fingerprint density at radius 1 is 1.23 bits per heavy atom. The summed E-state index contributed by atoms with van der Waals surface area (Å²) in [6.45, 7) is 6.81. The number of fused-ring (bicyclic) bond motifs is 1. The van der Waals surface area contributed by atoms with Crippen LogP contribution in [-0.2, 0) is 16.1 Å². The lowest BCUT2D eigenvalue weighted by atomic mass is 9.51. The number of aromatic nitrogens is 1. The van der Waals surface area contributed by atoms with E-state index in [4.69, 9.17) is 0 Å². The van der Waals surface area contributed by atoms with Gasteiger partial charge in [0.05, 0.1) is 18.3 Å². The minimum Gasteiger partial charge on any atom is -0.392 e. The van der Waals surface area contributed by atoms with Gasteiger partial charge in [-0.15, -0.1) is 0 Å². The molecule has 6 heteroatoms. The number of nitrogens with zero attached hydrogens (tertiary/aromatic N) is 1. The van der Waals surface area contributed by atoms with Gasteiger partial charge in [0.1, 0.15) is 0 Å². The van der Waals surface area contributed by atoms with E-state index in [1.807, 2.05) is 25.1 Å². The van der Waals surface area contributed by atoms with Gasteiger partial charge in [0.25, 0.3) is 0 Å². The van der Waals surface area contributed by atoms with E-state index in [0.717, 1.165) is 44.2 Å². The molecule has 1 heterocycles. The molecule has 2 amide bonds. The van der Waals surface area contributed by atoms with Crippen LogP contribution in [0.15, 0.2) is 24.4 Å². The van der Waals surface area contributed by atoms with E-state index >= 15 is 0 Å². The van der Waals surface area contributed by atoms with E-state index in [1.54, 1.807) is 6.20 Å². The summed E-state index contributed by atoms with van der Waals surface area (Å²) < 4.78 is 0. The fraction of sp³-hybridized carbons (Fsp3) is 0.720. The van der Waals surface area contributed by atoms with Gasteiger partial charge in [-0.1, -0.05) is 26.8 Å². The lowest BCUT2D eigenvalue weighted by molar-refractivity contribution is -0.144. The Labute approximate surface area is 185 Å². The standard InChI is InChI=1S/C25H37N3O3/c1-15(23(30)27-14-18-6-4-5-13-26-18)19-9-11-25(3)12-10-20(16(2)21(25)22(19)29)28-24(31)17-7-8-17/h4-6,13,15-17,19-22,29H,7-12,14H2,1-3H3,(H,27,30)(H,28,31)/t15-,16+,19-,20-,21+,22-,25-/m0/s1. The van der Waals surface area contributed by atoms with E-state index in [2.05, 4.69) is 29.5 Å². The van der Waals surface area contributed by atoms with Crippen molar-refractivity contribution >= 4 is 11.8 Å². The molecule has 170 valence electrons. The summed E-state index contributed by atoms with van der Waals surface area (Å²) in [5.74, 6) is 0.315. The first-order chi connectivity index (χ1) is 14.8. The number of pyridine rings is 1. The molecule has 0 saturated heterocycles. The Balaban J connectivity index is 1.41. The summed E-state index contributed by atoms with van der Waals surface area (Å²) in [4.78, 5) is 29.5. The molecular formula is C25H37N3O3. The average Bonchev–Trinajstić information content (AvgIpc) is 3.60. The van der Waals surface area contributed by atoms with Crippen molar-refractivity contribution in [2.24, 2.45) is 35.0 Å². The number of aliphatic hydroxyl groups excluding tert-OH is 1. The second-order valence-electron chi connectivity index (χ2n) is 10.5. The predicted molar refractivity (Wildman–Crippen MR) is 119 cm³/mol. The normalized spacial score (nSPS) is 36.2. The van der Waals surface area contributed by atoms with Crippen molar-refractivity contribution in [3.63, 3.8) is 0 Å². The van der Waals surface area contributed by atoms with Crippen molar-refractivity contribution in [2.45, 2.75) is 78.0 Å². The Morgan fingerprint density at radius 2 is 1.97 bits per heavy atom. The Hall–Kier alpha value is -1.95. The van der Waals surface area contributed by atoms with Crippen LogP contribution in [0.5, 0.6) is 0 Å². The zero-order valence-corrected chi connectivity index (χ0v) is 19.0. The highest BCUT2D eigenvalue weighted by molar-refractivity contribution is 5.81. The highest BCUT2D eigenvalue weighted by Gasteiger charge is 2.54. The molecule has 0 aromatic carbocycles. The fourth-order valence-electron chi connectivity index (χ4n) is 6.18. The monoisotopic (exact) mass is 427 g/mol. The fourth-order valence-corrected chi connectivity index (χ4v) is 6.18. The molecule has 4 rings (SSSR count). The third-order valence-corrected chi connectivity index (χ3v) is 8.39. The Bertz CT molecular complexity index is 796. The molecule has 3 N–H and O–H groups in total. The number of rotatable bonds is 6. The van der Waals surface area contributed by atoms with E-state index in [1.165, 1.54) is 0 Å². The lowest BCUT2D eigenvalue weighted by Gasteiger charge is -2.56. The van der Waals surface area contributed by atoms with Crippen LogP contribution >= 0.6 is 0 Å². The molecule has 0 aliphatic heterocycles. The van der Waals surface area contributed by atoms with E-state index < -0.39 is 6.10 Å². The number of hydrogen-bond acceptors (Lipinski definition) is 4. The summed E-state index contributed by atoms with van der Waals surface area (Å²) >= 11 is 0.